The maximum absolute atomic E-state index is 14.4. The van der Waals surface area contributed by atoms with Crippen molar-refractivity contribution in [3.05, 3.63) is 26.9 Å². The lowest BCUT2D eigenvalue weighted by Gasteiger charge is -2.42. The lowest BCUT2D eigenvalue weighted by Crippen LogP contribution is -2.51. The second kappa shape index (κ2) is 7.01. The van der Waals surface area contributed by atoms with Gasteiger partial charge < -0.3 is 4.43 Å². The molecule has 21 heavy (non-hydrogen) atoms. The summed E-state index contributed by atoms with van der Waals surface area (Å²) >= 11 is 9.68. The molecular formula is C16H25BrClFOSi. The van der Waals surface area contributed by atoms with Gasteiger partial charge in [-0.15, -0.1) is 0 Å². The van der Waals surface area contributed by atoms with Gasteiger partial charge in [0.2, 0.25) is 0 Å². The average molecular weight is 396 g/mol. The first-order valence-corrected chi connectivity index (χ1v) is 10.7. The molecule has 0 aromatic heterocycles. The second-order valence-electron chi connectivity index (χ2n) is 6.53. The van der Waals surface area contributed by atoms with E-state index in [-0.39, 0.29) is 5.75 Å². The molecule has 120 valence electrons. The Bertz CT molecular complexity index is 496. The van der Waals surface area contributed by atoms with E-state index in [2.05, 4.69) is 57.5 Å². The van der Waals surface area contributed by atoms with E-state index < -0.39 is 14.1 Å². The highest BCUT2D eigenvalue weighted by atomic mass is 79.9. The van der Waals surface area contributed by atoms with Crippen LogP contribution in [0.25, 0.3) is 0 Å². The van der Waals surface area contributed by atoms with Gasteiger partial charge in [-0.1, -0.05) is 69.1 Å². The number of benzene rings is 1. The molecule has 0 atom stereocenters. The van der Waals surface area contributed by atoms with E-state index in [1.165, 1.54) is 6.07 Å². The Kier molecular flexibility index (Phi) is 6.34. The molecule has 5 heteroatoms. The summed E-state index contributed by atoms with van der Waals surface area (Å²) in [5, 5.41) is 0.376. The molecule has 0 radical (unpaired) electrons. The van der Waals surface area contributed by atoms with Crippen LogP contribution < -0.4 is 4.43 Å². The predicted octanol–water partition coefficient (Wildman–Crippen LogP) is 7.10. The minimum Gasteiger partial charge on any atom is -0.540 e. The molecule has 1 nitrogen and oxygen atoms in total. The van der Waals surface area contributed by atoms with Gasteiger partial charge in [0, 0.05) is 4.47 Å². The first-order valence-electron chi connectivity index (χ1n) is 7.38. The van der Waals surface area contributed by atoms with Crippen LogP contribution >= 0.6 is 27.5 Å². The second-order valence-corrected chi connectivity index (χ2v) is 13.1. The zero-order valence-corrected chi connectivity index (χ0v) is 17.2. The Morgan fingerprint density at radius 1 is 1.10 bits per heavy atom. The van der Waals surface area contributed by atoms with Gasteiger partial charge >= 0.3 is 0 Å². The highest BCUT2D eigenvalue weighted by Gasteiger charge is 2.47. The van der Waals surface area contributed by atoms with Crippen LogP contribution in [0.3, 0.4) is 0 Å². The van der Waals surface area contributed by atoms with Crippen molar-refractivity contribution in [2.24, 2.45) is 0 Å². The third kappa shape index (κ3) is 3.48. The van der Waals surface area contributed by atoms with Gasteiger partial charge in [-0.3, -0.25) is 0 Å². The molecule has 0 fully saturated rings. The van der Waals surface area contributed by atoms with Crippen molar-refractivity contribution >= 4 is 35.8 Å². The Morgan fingerprint density at radius 2 is 1.52 bits per heavy atom. The first kappa shape index (κ1) is 19.0. The molecular weight excluding hydrogens is 371 g/mol. The van der Waals surface area contributed by atoms with Gasteiger partial charge in [0.05, 0.1) is 5.02 Å². The largest absolute Gasteiger partial charge is 0.540 e. The molecule has 0 bridgehead atoms. The fraction of sp³-hybridized carbons (Fsp3) is 0.625. The standard InChI is InChI=1S/C16H25BrClFOSi/c1-9(2)21(10(3)4,11(5)6)20-16-14(19)8-13(17)12(7)15(16)18/h8-11H,1-7H3. The van der Waals surface area contributed by atoms with E-state index in [1.807, 2.05) is 6.92 Å². The van der Waals surface area contributed by atoms with Crippen molar-refractivity contribution in [2.45, 2.75) is 65.1 Å². The highest BCUT2D eigenvalue weighted by molar-refractivity contribution is 9.10. The number of hydrogen-bond donors (Lipinski definition) is 0. The van der Waals surface area contributed by atoms with E-state index >= 15 is 0 Å². The van der Waals surface area contributed by atoms with Gasteiger partial charge in [-0.25, -0.2) is 4.39 Å². The van der Waals surface area contributed by atoms with Crippen molar-refractivity contribution in [2.75, 3.05) is 0 Å². The van der Waals surface area contributed by atoms with Crippen LogP contribution in [0.15, 0.2) is 10.5 Å². The van der Waals surface area contributed by atoms with Crippen molar-refractivity contribution < 1.29 is 8.82 Å². The monoisotopic (exact) mass is 394 g/mol. The molecule has 1 rings (SSSR count). The van der Waals surface area contributed by atoms with Gasteiger partial charge in [-0.2, -0.15) is 0 Å². The van der Waals surface area contributed by atoms with Crippen LogP contribution in [0, 0.1) is 12.7 Å². The molecule has 0 saturated heterocycles. The molecule has 1 aromatic carbocycles. The Hall–Kier alpha value is -0.0631. The fourth-order valence-corrected chi connectivity index (χ4v) is 9.36. The normalized spacial score (nSPS) is 12.6. The molecule has 1 aromatic rings. The molecule has 0 aliphatic rings. The average Bonchev–Trinajstić information content (AvgIpc) is 2.35. The summed E-state index contributed by atoms with van der Waals surface area (Å²) in [5.41, 5.74) is 1.93. The molecule has 0 aliphatic carbocycles. The smallest absolute Gasteiger partial charge is 0.258 e. The highest BCUT2D eigenvalue weighted by Crippen LogP contribution is 2.46. The fourth-order valence-electron chi connectivity index (χ4n) is 3.29. The number of halogens is 3. The van der Waals surface area contributed by atoms with E-state index in [1.54, 1.807) is 0 Å². The topological polar surface area (TPSA) is 9.23 Å². The number of hydrogen-bond acceptors (Lipinski definition) is 1. The van der Waals surface area contributed by atoms with Crippen molar-refractivity contribution in [1.29, 1.82) is 0 Å². The lowest BCUT2D eigenvalue weighted by atomic mass is 10.2. The van der Waals surface area contributed by atoms with Crippen LogP contribution in [0.4, 0.5) is 4.39 Å². The van der Waals surface area contributed by atoms with Crippen molar-refractivity contribution in [3.63, 3.8) is 0 Å². The minimum atomic E-state index is -2.21. The maximum Gasteiger partial charge on any atom is 0.258 e. The van der Waals surface area contributed by atoms with E-state index in [0.717, 1.165) is 5.56 Å². The SMILES string of the molecule is Cc1c(Br)cc(F)c(O[Si](C(C)C)(C(C)C)C(C)C)c1Cl. The summed E-state index contributed by atoms with van der Waals surface area (Å²) in [6.45, 7) is 14.9. The quantitative estimate of drug-likeness (QED) is 0.483. The first-order chi connectivity index (χ1) is 9.55. The van der Waals surface area contributed by atoms with Crippen LogP contribution in [0.1, 0.15) is 47.1 Å². The van der Waals surface area contributed by atoms with E-state index in [9.17, 15) is 4.39 Å². The predicted molar refractivity (Wildman–Crippen MR) is 95.5 cm³/mol. The summed E-state index contributed by atoms with van der Waals surface area (Å²) < 4.78 is 21.5. The Labute approximate surface area is 142 Å². The van der Waals surface area contributed by atoms with Gasteiger partial charge in [-0.05, 0) is 35.2 Å². The molecule has 0 spiro atoms. The molecule has 0 aliphatic heterocycles. The van der Waals surface area contributed by atoms with Gasteiger partial charge in [0.25, 0.3) is 8.32 Å². The minimum absolute atomic E-state index is 0.222. The van der Waals surface area contributed by atoms with Gasteiger partial charge in [0.1, 0.15) is 0 Å². The zero-order chi connectivity index (χ0) is 16.5. The third-order valence-corrected chi connectivity index (χ3v) is 11.6. The summed E-state index contributed by atoms with van der Waals surface area (Å²) in [6, 6.07) is 1.44. The van der Waals surface area contributed by atoms with E-state index in [0.29, 0.717) is 26.1 Å². The summed E-state index contributed by atoms with van der Waals surface area (Å²) in [5.74, 6) is -0.170. The Balaban J connectivity index is 3.45. The van der Waals surface area contributed by atoms with Gasteiger partial charge in [0.15, 0.2) is 11.6 Å². The molecule has 0 unspecified atom stereocenters. The summed E-state index contributed by atoms with van der Waals surface area (Å²) in [6.07, 6.45) is 0. The maximum atomic E-state index is 14.4. The van der Waals surface area contributed by atoms with Crippen LogP contribution in [0.5, 0.6) is 5.75 Å². The molecule has 0 heterocycles. The summed E-state index contributed by atoms with van der Waals surface area (Å²) in [7, 11) is -2.21. The molecule has 0 N–H and O–H groups in total. The van der Waals surface area contributed by atoms with Crippen molar-refractivity contribution in [3.8, 4) is 5.75 Å². The summed E-state index contributed by atoms with van der Waals surface area (Å²) in [4.78, 5) is 0. The molecule has 0 saturated carbocycles. The van der Waals surface area contributed by atoms with E-state index in [4.69, 9.17) is 16.0 Å². The third-order valence-electron chi connectivity index (χ3n) is 4.34. The lowest BCUT2D eigenvalue weighted by molar-refractivity contribution is 0.446. The Morgan fingerprint density at radius 3 is 1.90 bits per heavy atom. The van der Waals surface area contributed by atoms with Crippen LogP contribution in [0.2, 0.25) is 21.6 Å². The number of rotatable bonds is 5. The van der Waals surface area contributed by atoms with Crippen molar-refractivity contribution in [1.82, 2.24) is 0 Å². The van der Waals surface area contributed by atoms with Crippen LogP contribution in [-0.4, -0.2) is 8.32 Å². The van der Waals surface area contributed by atoms with Crippen LogP contribution in [-0.2, 0) is 0 Å². The zero-order valence-electron chi connectivity index (χ0n) is 13.9. The molecule has 0 amide bonds.